The third-order valence-corrected chi connectivity index (χ3v) is 1.45. The van der Waals surface area contributed by atoms with Crippen molar-refractivity contribution in [2.24, 2.45) is 0 Å². The van der Waals surface area contributed by atoms with Gasteiger partial charge in [0.1, 0.15) is 0 Å². The van der Waals surface area contributed by atoms with E-state index in [2.05, 4.69) is 0 Å². The van der Waals surface area contributed by atoms with Crippen molar-refractivity contribution in [1.82, 2.24) is 0 Å². The van der Waals surface area contributed by atoms with E-state index in [9.17, 15) is 23.1 Å². The highest BCUT2D eigenvalue weighted by atomic mass is 19.4. The highest BCUT2D eigenvalue weighted by Gasteiger charge is 2.35. The maximum atomic E-state index is 12.1. The third kappa shape index (κ3) is 1.99. The molecule has 0 fully saturated rings. The number of rotatable bonds is 1. The zero-order valence-electron chi connectivity index (χ0n) is 6.26. The lowest BCUT2D eigenvalue weighted by Crippen LogP contribution is -2.11. The van der Waals surface area contributed by atoms with E-state index in [0.29, 0.717) is 6.07 Å². The molecule has 0 saturated heterocycles. The van der Waals surface area contributed by atoms with Gasteiger partial charge in [-0.2, -0.15) is 13.2 Å². The Morgan fingerprint density at radius 3 is 2.08 bits per heavy atom. The molecule has 0 spiro atoms. The summed E-state index contributed by atoms with van der Waals surface area (Å²) in [5.41, 5.74) is -2.02. The molecule has 1 aromatic carbocycles. The molecule has 2 nitrogen and oxygen atoms in total. The van der Waals surface area contributed by atoms with Gasteiger partial charge in [-0.05, 0) is 12.1 Å². The second-order valence-corrected chi connectivity index (χ2v) is 2.33. The lowest BCUT2D eigenvalue weighted by Gasteiger charge is -2.07. The van der Waals surface area contributed by atoms with Crippen molar-refractivity contribution in [2.75, 3.05) is 0 Å². The van der Waals surface area contributed by atoms with Gasteiger partial charge in [-0.25, -0.2) is 9.90 Å². The largest absolute Gasteiger partial charge is 0.417 e. The lowest BCUT2D eigenvalue weighted by atomic mass is 10.1. The van der Waals surface area contributed by atoms with Crippen LogP contribution < -0.4 is 0 Å². The van der Waals surface area contributed by atoms with Crippen LogP contribution in [-0.4, -0.2) is 5.97 Å². The summed E-state index contributed by atoms with van der Waals surface area (Å²) in [6.07, 6.45) is -4.66. The Morgan fingerprint density at radius 2 is 1.69 bits per heavy atom. The van der Waals surface area contributed by atoms with E-state index in [0.717, 1.165) is 12.1 Å². The first-order valence-electron chi connectivity index (χ1n) is 3.30. The number of halogens is 3. The molecule has 5 heteroatoms. The maximum Gasteiger partial charge on any atom is 0.417 e. The van der Waals surface area contributed by atoms with Crippen LogP contribution in [0.3, 0.4) is 0 Å². The van der Waals surface area contributed by atoms with Crippen LogP contribution >= 0.6 is 0 Å². The third-order valence-electron chi connectivity index (χ3n) is 1.45. The second kappa shape index (κ2) is 3.08. The van der Waals surface area contributed by atoms with Gasteiger partial charge in [0, 0.05) is 0 Å². The lowest BCUT2D eigenvalue weighted by molar-refractivity contribution is -0.138. The molecule has 0 aliphatic carbocycles. The van der Waals surface area contributed by atoms with Crippen molar-refractivity contribution in [2.45, 2.75) is 6.18 Å². The van der Waals surface area contributed by atoms with Gasteiger partial charge in [-0.3, -0.25) is 0 Å². The number of hydrogen-bond acceptors (Lipinski definition) is 1. The molecule has 1 radical (unpaired) electrons. The molecular weight excluding hydrogens is 185 g/mol. The zero-order chi connectivity index (χ0) is 10.1. The predicted molar refractivity (Wildman–Crippen MR) is 36.5 cm³/mol. The normalized spacial score (nSPS) is 11.3. The number of carbonyl (C=O) groups excluding carboxylic acids is 1. The fourth-order valence-electron chi connectivity index (χ4n) is 0.908. The minimum atomic E-state index is -4.66. The first kappa shape index (κ1) is 9.57. The smallest absolute Gasteiger partial charge is 0.241 e. The van der Waals surface area contributed by atoms with E-state index in [1.807, 2.05) is 0 Å². The molecule has 0 heterocycles. The summed E-state index contributed by atoms with van der Waals surface area (Å²) < 4.78 is 36.4. The second-order valence-electron chi connectivity index (χ2n) is 2.33. The van der Waals surface area contributed by atoms with Gasteiger partial charge < -0.3 is 0 Å². The van der Waals surface area contributed by atoms with Gasteiger partial charge in [0.2, 0.25) is 0 Å². The molecule has 0 atom stereocenters. The minimum absolute atomic E-state index is 0.700. The van der Waals surface area contributed by atoms with Gasteiger partial charge in [-0.1, -0.05) is 12.1 Å². The average Bonchev–Trinajstić information content (AvgIpc) is 2.03. The molecule has 13 heavy (non-hydrogen) atoms. The Bertz CT molecular complexity index is 330. The zero-order valence-corrected chi connectivity index (χ0v) is 6.26. The summed E-state index contributed by atoms with van der Waals surface area (Å²) in [6.45, 7) is 0. The van der Waals surface area contributed by atoms with Crippen LogP contribution in [0, 0.1) is 0 Å². The van der Waals surface area contributed by atoms with E-state index in [1.54, 1.807) is 0 Å². The van der Waals surface area contributed by atoms with Crippen LogP contribution in [0.2, 0.25) is 0 Å². The van der Waals surface area contributed by atoms with E-state index in [4.69, 9.17) is 0 Å². The average molecular weight is 189 g/mol. The molecule has 1 aromatic rings. The van der Waals surface area contributed by atoms with Crippen LogP contribution in [0.5, 0.6) is 0 Å². The molecule has 0 amide bonds. The van der Waals surface area contributed by atoms with E-state index in [-0.39, 0.29) is 0 Å². The Kier molecular flexibility index (Phi) is 2.27. The molecule has 1 rings (SSSR count). The summed E-state index contributed by atoms with van der Waals surface area (Å²) >= 11 is 0. The minimum Gasteiger partial charge on any atom is -0.241 e. The summed E-state index contributed by atoms with van der Waals surface area (Å²) in [5.74, 6) is -1.83. The van der Waals surface area contributed by atoms with Crippen molar-refractivity contribution in [3.63, 3.8) is 0 Å². The Labute approximate surface area is 71.6 Å². The van der Waals surface area contributed by atoms with Gasteiger partial charge in [-0.15, -0.1) is 0 Å². The number of carbonyl (C=O) groups is 1. The summed E-state index contributed by atoms with van der Waals surface area (Å²) in [4.78, 5) is 10.3. The number of hydrogen-bond donors (Lipinski definition) is 0. The van der Waals surface area contributed by atoms with E-state index in [1.165, 1.54) is 6.07 Å². The number of alkyl halides is 3. The molecule has 0 unspecified atom stereocenters. The molecule has 0 aliphatic rings. The first-order valence-corrected chi connectivity index (χ1v) is 3.30. The number of benzene rings is 1. The van der Waals surface area contributed by atoms with Crippen molar-refractivity contribution < 1.29 is 23.1 Å². The van der Waals surface area contributed by atoms with Crippen LogP contribution in [0.1, 0.15) is 15.9 Å². The van der Waals surface area contributed by atoms with Crippen molar-refractivity contribution >= 4 is 5.97 Å². The van der Waals surface area contributed by atoms with E-state index < -0.39 is 23.3 Å². The molecule has 69 valence electrons. The van der Waals surface area contributed by atoms with Crippen molar-refractivity contribution in [1.29, 1.82) is 0 Å². The van der Waals surface area contributed by atoms with Crippen LogP contribution in [0.25, 0.3) is 0 Å². The van der Waals surface area contributed by atoms with Crippen LogP contribution in [0.4, 0.5) is 13.2 Å². The first-order chi connectivity index (χ1) is 5.93. The summed E-state index contributed by atoms with van der Waals surface area (Å²) in [5, 5.41) is 10.3. The topological polar surface area (TPSA) is 37.0 Å². The van der Waals surface area contributed by atoms with E-state index >= 15 is 0 Å². The molecule has 0 N–H and O–H groups in total. The van der Waals surface area contributed by atoms with Gasteiger partial charge in [0.05, 0.1) is 11.1 Å². The molecular formula is C8H4F3O2. The van der Waals surface area contributed by atoms with Crippen molar-refractivity contribution in [3.8, 4) is 0 Å². The maximum absolute atomic E-state index is 12.1. The monoisotopic (exact) mass is 189 g/mol. The van der Waals surface area contributed by atoms with Gasteiger partial charge in [0.25, 0.3) is 0 Å². The Balaban J connectivity index is 3.28. The Morgan fingerprint density at radius 1 is 1.15 bits per heavy atom. The summed E-state index contributed by atoms with van der Waals surface area (Å²) in [6, 6.07) is 3.89. The highest BCUT2D eigenvalue weighted by Crippen LogP contribution is 2.31. The SMILES string of the molecule is [O]C(=O)c1ccccc1C(F)(F)F. The molecule has 0 aliphatic heterocycles. The summed E-state index contributed by atoms with van der Waals surface area (Å²) in [7, 11) is 0. The van der Waals surface area contributed by atoms with Gasteiger partial charge in [0.15, 0.2) is 0 Å². The van der Waals surface area contributed by atoms with Crippen LogP contribution in [-0.2, 0) is 11.3 Å². The van der Waals surface area contributed by atoms with Crippen LogP contribution in [0.15, 0.2) is 24.3 Å². The molecule has 0 bridgehead atoms. The fourth-order valence-corrected chi connectivity index (χ4v) is 0.908. The Hall–Kier alpha value is -1.52. The van der Waals surface area contributed by atoms with Gasteiger partial charge >= 0.3 is 12.1 Å². The standard InChI is InChI=1S/C8H4F3O2/c9-8(10,11)6-4-2-1-3-5(6)7(12)13/h1-4H. The fraction of sp³-hybridized carbons (Fsp3) is 0.125. The quantitative estimate of drug-likeness (QED) is 0.667. The van der Waals surface area contributed by atoms with Crippen molar-refractivity contribution in [3.05, 3.63) is 35.4 Å². The highest BCUT2D eigenvalue weighted by molar-refractivity contribution is 5.89. The molecule has 0 saturated carbocycles. The molecule has 0 aromatic heterocycles. The predicted octanol–water partition coefficient (Wildman–Crippen LogP) is 2.28.